The van der Waals surface area contributed by atoms with Gasteiger partial charge in [0.15, 0.2) is 5.76 Å². The number of hydrogen-bond acceptors (Lipinski definition) is 6. The number of carbonyl (C=O) groups is 1. The van der Waals surface area contributed by atoms with Crippen LogP contribution in [0.5, 0.6) is 5.75 Å². The van der Waals surface area contributed by atoms with Gasteiger partial charge in [-0.25, -0.2) is 4.79 Å². The van der Waals surface area contributed by atoms with Crippen molar-refractivity contribution in [2.24, 2.45) is 0 Å². The van der Waals surface area contributed by atoms with Crippen LogP contribution in [0.15, 0.2) is 69.9 Å². The topological polar surface area (TPSA) is 88.8 Å². The third-order valence-electron chi connectivity index (χ3n) is 4.12. The van der Waals surface area contributed by atoms with E-state index < -0.39 is 17.8 Å². The molecule has 0 spiro atoms. The van der Waals surface area contributed by atoms with Crippen LogP contribution in [0.4, 0.5) is 0 Å². The minimum atomic E-state index is -1.35. The van der Waals surface area contributed by atoms with Crippen molar-refractivity contribution >= 4 is 23.1 Å². The van der Waals surface area contributed by atoms with Crippen molar-refractivity contribution in [2.75, 3.05) is 0 Å². The number of ether oxygens (including phenoxy) is 1. The van der Waals surface area contributed by atoms with E-state index in [1.165, 1.54) is 6.07 Å². The summed E-state index contributed by atoms with van der Waals surface area (Å²) in [7, 11) is 0. The van der Waals surface area contributed by atoms with E-state index in [0.717, 1.165) is 0 Å². The second kappa shape index (κ2) is 6.79. The lowest BCUT2D eigenvalue weighted by molar-refractivity contribution is -0.0232. The van der Waals surface area contributed by atoms with E-state index in [9.17, 15) is 14.7 Å². The number of fused-ring (bicyclic) bond motifs is 3. The molecule has 1 aliphatic rings. The summed E-state index contributed by atoms with van der Waals surface area (Å²) in [6, 6.07) is 17.0. The number of aliphatic hydroxyl groups is 1. The molecule has 2 heterocycles. The summed E-state index contributed by atoms with van der Waals surface area (Å²) >= 11 is 5.20. The molecule has 3 aromatic rings. The molecule has 0 bridgehead atoms. The van der Waals surface area contributed by atoms with Crippen LogP contribution in [0.1, 0.15) is 27.8 Å². The minimum Gasteiger partial charge on any atom is -0.460 e. The van der Waals surface area contributed by atoms with Gasteiger partial charge in [-0.15, -0.1) is 0 Å². The predicted molar refractivity (Wildman–Crippen MR) is 102 cm³/mol. The van der Waals surface area contributed by atoms with E-state index in [2.05, 4.69) is 5.32 Å². The smallest absolute Gasteiger partial charge is 0.349 e. The number of hydrogen-bond donors (Lipinski definition) is 2. The third-order valence-corrected chi connectivity index (χ3v) is 4.46. The zero-order valence-electron chi connectivity index (χ0n) is 13.8. The van der Waals surface area contributed by atoms with Crippen molar-refractivity contribution in [1.29, 1.82) is 0 Å². The molecule has 0 saturated carbocycles. The first-order chi connectivity index (χ1) is 13.0. The zero-order valence-corrected chi connectivity index (χ0v) is 14.7. The average molecular weight is 379 g/mol. The van der Waals surface area contributed by atoms with Crippen LogP contribution in [0.25, 0.3) is 11.3 Å². The first kappa shape index (κ1) is 17.1. The van der Waals surface area contributed by atoms with Gasteiger partial charge in [-0.05, 0) is 18.2 Å². The van der Waals surface area contributed by atoms with Gasteiger partial charge in [0.05, 0.1) is 11.1 Å². The van der Waals surface area contributed by atoms with Crippen LogP contribution >= 0.6 is 12.2 Å². The highest BCUT2D eigenvalue weighted by molar-refractivity contribution is 7.80. The zero-order chi connectivity index (χ0) is 19.0. The second-order valence-electron chi connectivity index (χ2n) is 5.85. The maximum absolute atomic E-state index is 12.5. The molecule has 1 aromatic heterocycles. The molecule has 1 aliphatic heterocycles. The Morgan fingerprint density at radius 2 is 1.78 bits per heavy atom. The van der Waals surface area contributed by atoms with Crippen molar-refractivity contribution in [3.05, 3.63) is 87.8 Å². The summed E-state index contributed by atoms with van der Waals surface area (Å²) in [6.07, 6.45) is -1.35. The molecule has 0 saturated heterocycles. The average Bonchev–Trinajstić information content (AvgIpc) is 2.68. The summed E-state index contributed by atoms with van der Waals surface area (Å²) < 4.78 is 10.8. The molecule has 4 rings (SSSR count). The first-order valence-electron chi connectivity index (χ1n) is 8.07. The van der Waals surface area contributed by atoms with Crippen molar-refractivity contribution in [2.45, 2.75) is 6.29 Å². The van der Waals surface area contributed by atoms with Gasteiger partial charge in [0.1, 0.15) is 16.3 Å². The molecule has 0 radical (unpaired) electrons. The van der Waals surface area contributed by atoms with Crippen molar-refractivity contribution in [3.63, 3.8) is 0 Å². The van der Waals surface area contributed by atoms with Crippen LogP contribution in [0.3, 0.4) is 0 Å². The number of aliphatic hydroxyl groups excluding tert-OH is 1. The number of thiocarbonyl (C=S) groups is 1. The summed E-state index contributed by atoms with van der Waals surface area (Å²) in [5.41, 5.74) is 0.270. The molecule has 0 fully saturated rings. The Bertz CT molecular complexity index is 1110. The van der Waals surface area contributed by atoms with Gasteiger partial charge in [0, 0.05) is 5.56 Å². The molecule has 2 aromatic carbocycles. The molecule has 6 nitrogen and oxygen atoms in total. The van der Waals surface area contributed by atoms with Crippen molar-refractivity contribution < 1.29 is 19.1 Å². The lowest BCUT2D eigenvalue weighted by Crippen LogP contribution is -2.33. The van der Waals surface area contributed by atoms with Gasteiger partial charge in [0.2, 0.25) is 6.29 Å². The quantitative estimate of drug-likeness (QED) is 0.666. The van der Waals surface area contributed by atoms with Crippen LogP contribution < -0.4 is 15.7 Å². The Kier molecular flexibility index (Phi) is 4.31. The molecular weight excluding hydrogens is 366 g/mol. The van der Waals surface area contributed by atoms with Crippen molar-refractivity contribution in [3.8, 4) is 17.1 Å². The number of nitrogens with one attached hydrogen (secondary N) is 1. The van der Waals surface area contributed by atoms with E-state index in [1.54, 1.807) is 48.5 Å². The highest BCUT2D eigenvalue weighted by Gasteiger charge is 2.29. The Labute approximate surface area is 159 Å². The Morgan fingerprint density at radius 1 is 1.07 bits per heavy atom. The van der Waals surface area contributed by atoms with Crippen LogP contribution in [0.2, 0.25) is 0 Å². The fourth-order valence-electron chi connectivity index (χ4n) is 2.81. The molecule has 134 valence electrons. The molecule has 2 N–H and O–H groups in total. The standard InChI is InChI=1S/C20H13NO5S/c22-17(21-18(27)11-6-2-1-3-7-11)14-10-13-16(26-20(14)24)12-8-4-5-9-15(12)25-19(13)23/h1-10,19,23H,(H,21,22,27). The lowest BCUT2D eigenvalue weighted by Gasteiger charge is -2.23. The second-order valence-corrected chi connectivity index (χ2v) is 6.26. The van der Waals surface area contributed by atoms with Gasteiger partial charge in [-0.1, -0.05) is 54.7 Å². The summed E-state index contributed by atoms with van der Waals surface area (Å²) in [4.78, 5) is 25.1. The number of amides is 1. The largest absolute Gasteiger partial charge is 0.460 e. The molecule has 1 unspecified atom stereocenters. The number of rotatable bonds is 2. The van der Waals surface area contributed by atoms with E-state index >= 15 is 0 Å². The third kappa shape index (κ3) is 3.14. The van der Waals surface area contributed by atoms with Crippen LogP contribution in [-0.2, 0) is 0 Å². The maximum atomic E-state index is 12.5. The van der Waals surface area contributed by atoms with E-state index in [4.69, 9.17) is 21.4 Å². The highest BCUT2D eigenvalue weighted by Crippen LogP contribution is 2.40. The van der Waals surface area contributed by atoms with Crippen LogP contribution in [0, 0.1) is 0 Å². The monoisotopic (exact) mass is 379 g/mol. The SMILES string of the molecule is O=C(NC(=S)c1ccccc1)c1cc2c(oc1=O)-c1ccccc1OC2O. The Balaban J connectivity index is 1.70. The molecule has 1 atom stereocenters. The van der Waals surface area contributed by atoms with Gasteiger partial charge < -0.3 is 19.6 Å². The van der Waals surface area contributed by atoms with Crippen molar-refractivity contribution in [1.82, 2.24) is 5.32 Å². The molecular formula is C20H13NO5S. The van der Waals surface area contributed by atoms with Crippen LogP contribution in [-0.4, -0.2) is 16.0 Å². The van der Waals surface area contributed by atoms with E-state index in [1.807, 2.05) is 6.07 Å². The molecule has 1 amide bonds. The van der Waals surface area contributed by atoms with E-state index in [0.29, 0.717) is 16.9 Å². The van der Waals surface area contributed by atoms with Gasteiger partial charge >= 0.3 is 5.63 Å². The maximum Gasteiger partial charge on any atom is 0.349 e. The normalized spacial score (nSPS) is 14.5. The summed E-state index contributed by atoms with van der Waals surface area (Å²) in [5.74, 6) is -0.147. The minimum absolute atomic E-state index is 0.177. The highest BCUT2D eigenvalue weighted by atomic mass is 32.1. The molecule has 0 aliphatic carbocycles. The Hall–Kier alpha value is -3.29. The van der Waals surface area contributed by atoms with Gasteiger partial charge in [0.25, 0.3) is 5.91 Å². The predicted octanol–water partition coefficient (Wildman–Crippen LogP) is 2.80. The van der Waals surface area contributed by atoms with Gasteiger partial charge in [-0.3, -0.25) is 4.79 Å². The molecule has 27 heavy (non-hydrogen) atoms. The lowest BCUT2D eigenvalue weighted by atomic mass is 10.0. The summed E-state index contributed by atoms with van der Waals surface area (Å²) in [6.45, 7) is 0. The van der Waals surface area contributed by atoms with Gasteiger partial charge in [-0.2, -0.15) is 0 Å². The first-order valence-corrected chi connectivity index (χ1v) is 8.48. The number of benzene rings is 2. The molecule has 7 heteroatoms. The number of para-hydroxylation sites is 1. The Morgan fingerprint density at radius 3 is 2.56 bits per heavy atom. The fraction of sp³-hybridized carbons (Fsp3) is 0.0500. The summed E-state index contributed by atoms with van der Waals surface area (Å²) in [5, 5.41) is 12.7. The number of carbonyl (C=O) groups excluding carboxylic acids is 1. The van der Waals surface area contributed by atoms with E-state index in [-0.39, 0.29) is 21.9 Å². The fourth-order valence-corrected chi connectivity index (χ4v) is 3.04.